The molecular formula is C11H12ClNO3. The van der Waals surface area contributed by atoms with Crippen LogP contribution in [0.4, 0.5) is 4.79 Å². The summed E-state index contributed by atoms with van der Waals surface area (Å²) >= 11 is 5.85. The van der Waals surface area contributed by atoms with Gasteiger partial charge in [0.15, 0.2) is 0 Å². The number of primary amides is 1. The Morgan fingerprint density at radius 3 is 3.00 bits per heavy atom. The highest BCUT2D eigenvalue weighted by molar-refractivity contribution is 6.30. The van der Waals surface area contributed by atoms with Crippen molar-refractivity contribution in [3.05, 3.63) is 34.3 Å². The number of halogens is 1. The number of hydrogen-bond acceptors (Lipinski definition) is 3. The van der Waals surface area contributed by atoms with Crippen molar-refractivity contribution in [3.63, 3.8) is 0 Å². The van der Waals surface area contributed by atoms with E-state index in [-0.39, 0.29) is 0 Å². The van der Waals surface area contributed by atoms with Crippen LogP contribution in [0.15, 0.2) is 18.2 Å². The van der Waals surface area contributed by atoms with E-state index in [1.807, 2.05) is 6.07 Å². The van der Waals surface area contributed by atoms with Gasteiger partial charge in [0.2, 0.25) is 0 Å². The number of carbonyl (C=O) groups excluding carboxylic acids is 1. The molecule has 1 aliphatic carbocycles. The van der Waals surface area contributed by atoms with Gasteiger partial charge >= 0.3 is 6.09 Å². The van der Waals surface area contributed by atoms with E-state index < -0.39 is 18.3 Å². The molecule has 1 amide bonds. The molecule has 1 aromatic rings. The molecule has 1 unspecified atom stereocenters. The lowest BCUT2D eigenvalue weighted by Crippen LogP contribution is -2.32. The normalized spacial score (nSPS) is 23.6. The molecule has 3 N–H and O–H groups in total. The van der Waals surface area contributed by atoms with Gasteiger partial charge in [-0.2, -0.15) is 0 Å². The molecule has 2 atom stereocenters. The van der Waals surface area contributed by atoms with E-state index in [1.165, 1.54) is 0 Å². The monoisotopic (exact) mass is 241 g/mol. The Kier molecular flexibility index (Phi) is 3.03. The first-order valence-electron chi connectivity index (χ1n) is 5.00. The van der Waals surface area contributed by atoms with Crippen LogP contribution < -0.4 is 5.73 Å². The highest BCUT2D eigenvalue weighted by Gasteiger charge is 2.30. The minimum atomic E-state index is -0.866. The van der Waals surface area contributed by atoms with Crippen LogP contribution in [-0.2, 0) is 11.2 Å². The Bertz CT molecular complexity index is 422. The van der Waals surface area contributed by atoms with Crippen LogP contribution in [0.3, 0.4) is 0 Å². The molecule has 1 aromatic carbocycles. The van der Waals surface area contributed by atoms with E-state index in [1.54, 1.807) is 12.1 Å². The number of rotatable bonds is 1. The molecule has 5 heteroatoms. The van der Waals surface area contributed by atoms with E-state index in [0.717, 1.165) is 12.0 Å². The maximum atomic E-state index is 10.7. The average molecular weight is 242 g/mol. The highest BCUT2D eigenvalue weighted by Crippen LogP contribution is 2.33. The summed E-state index contributed by atoms with van der Waals surface area (Å²) in [6.45, 7) is 0. The van der Waals surface area contributed by atoms with Crippen LogP contribution in [0.1, 0.15) is 23.7 Å². The molecule has 86 valence electrons. The summed E-state index contributed by atoms with van der Waals surface area (Å²) in [5, 5.41) is 10.6. The third-order valence-corrected chi connectivity index (χ3v) is 2.98. The van der Waals surface area contributed by atoms with Crippen molar-refractivity contribution in [1.82, 2.24) is 0 Å². The number of ether oxygens (including phenoxy) is 1. The summed E-state index contributed by atoms with van der Waals surface area (Å²) in [5.41, 5.74) is 6.68. The Morgan fingerprint density at radius 2 is 2.31 bits per heavy atom. The molecular weight excluding hydrogens is 230 g/mol. The van der Waals surface area contributed by atoms with Crippen LogP contribution >= 0.6 is 11.6 Å². The van der Waals surface area contributed by atoms with Crippen molar-refractivity contribution in [2.24, 2.45) is 5.73 Å². The molecule has 0 saturated heterocycles. The van der Waals surface area contributed by atoms with Crippen LogP contribution in [-0.4, -0.2) is 17.3 Å². The number of aryl methyl sites for hydroxylation is 1. The average Bonchev–Trinajstić information content (AvgIpc) is 2.22. The first-order valence-corrected chi connectivity index (χ1v) is 5.38. The molecule has 0 fully saturated rings. The summed E-state index contributed by atoms with van der Waals surface area (Å²) in [6, 6.07) is 5.35. The second-order valence-electron chi connectivity index (χ2n) is 3.80. The Hall–Kier alpha value is -1.26. The predicted molar refractivity (Wildman–Crippen MR) is 59.2 cm³/mol. The minimum Gasteiger partial charge on any atom is -0.443 e. The van der Waals surface area contributed by atoms with Crippen LogP contribution in [0, 0.1) is 0 Å². The number of carbonyl (C=O) groups is 1. The van der Waals surface area contributed by atoms with Gasteiger partial charge in [-0.3, -0.25) is 0 Å². The Balaban J connectivity index is 2.26. The number of fused-ring (bicyclic) bond motifs is 1. The fraction of sp³-hybridized carbons (Fsp3) is 0.364. The number of nitrogens with two attached hydrogens (primary N) is 1. The van der Waals surface area contributed by atoms with E-state index in [4.69, 9.17) is 22.1 Å². The second kappa shape index (κ2) is 4.31. The quantitative estimate of drug-likeness (QED) is 0.787. The summed E-state index contributed by atoms with van der Waals surface area (Å²) in [4.78, 5) is 10.7. The zero-order valence-corrected chi connectivity index (χ0v) is 9.28. The summed E-state index contributed by atoms with van der Waals surface area (Å²) in [6.07, 6.45) is -0.992. The number of hydrogen-bond donors (Lipinski definition) is 2. The van der Waals surface area contributed by atoms with Gasteiger partial charge in [0.1, 0.15) is 12.2 Å². The first kappa shape index (κ1) is 11.2. The molecule has 1 aliphatic rings. The lowest BCUT2D eigenvalue weighted by molar-refractivity contribution is -0.00520. The van der Waals surface area contributed by atoms with E-state index in [2.05, 4.69) is 0 Å². The van der Waals surface area contributed by atoms with Gasteiger partial charge in [-0.1, -0.05) is 17.7 Å². The molecule has 0 aliphatic heterocycles. The zero-order chi connectivity index (χ0) is 11.7. The summed E-state index contributed by atoms with van der Waals surface area (Å²) in [5.74, 6) is 0. The maximum Gasteiger partial charge on any atom is 0.404 e. The van der Waals surface area contributed by atoms with E-state index >= 15 is 0 Å². The highest BCUT2D eigenvalue weighted by atomic mass is 35.5. The first-order chi connectivity index (χ1) is 7.58. The van der Waals surface area contributed by atoms with Gasteiger partial charge in [-0.25, -0.2) is 4.79 Å². The van der Waals surface area contributed by atoms with Crippen LogP contribution in [0.5, 0.6) is 0 Å². The third kappa shape index (κ3) is 2.13. The van der Waals surface area contributed by atoms with Gasteiger partial charge in [-0.15, -0.1) is 0 Å². The van der Waals surface area contributed by atoms with Crippen LogP contribution in [0.25, 0.3) is 0 Å². The number of benzene rings is 1. The van der Waals surface area contributed by atoms with Crippen molar-refractivity contribution in [3.8, 4) is 0 Å². The van der Waals surface area contributed by atoms with Crippen LogP contribution in [0.2, 0.25) is 5.02 Å². The Morgan fingerprint density at radius 1 is 1.56 bits per heavy atom. The van der Waals surface area contributed by atoms with E-state index in [0.29, 0.717) is 17.0 Å². The molecule has 0 spiro atoms. The number of amides is 1. The van der Waals surface area contributed by atoms with Crippen molar-refractivity contribution < 1.29 is 14.6 Å². The van der Waals surface area contributed by atoms with Gasteiger partial charge in [0.05, 0.1) is 0 Å². The SMILES string of the molecule is NC(=O)OC1CCc2ccc(Cl)cc2[C@H]1O. The Labute approximate surface area is 98.0 Å². The predicted octanol–water partition coefficient (Wildman–Crippen LogP) is 1.78. The van der Waals surface area contributed by atoms with E-state index in [9.17, 15) is 9.90 Å². The molecule has 0 aromatic heterocycles. The van der Waals surface area contributed by atoms with Gasteiger partial charge < -0.3 is 15.6 Å². The lowest BCUT2D eigenvalue weighted by Gasteiger charge is -2.29. The molecule has 16 heavy (non-hydrogen) atoms. The van der Waals surface area contributed by atoms with Gasteiger partial charge in [0.25, 0.3) is 0 Å². The lowest BCUT2D eigenvalue weighted by atomic mass is 9.87. The standard InChI is InChI=1S/C11H12ClNO3/c12-7-3-1-6-2-4-9(16-11(13)15)10(14)8(6)5-7/h1,3,5,9-10,14H,2,4H2,(H2,13,15)/t9?,10-/m1/s1. The van der Waals surface area contributed by atoms with Crippen molar-refractivity contribution in [2.45, 2.75) is 25.0 Å². The van der Waals surface area contributed by atoms with Crippen molar-refractivity contribution in [1.29, 1.82) is 0 Å². The topological polar surface area (TPSA) is 72.6 Å². The molecule has 0 saturated carbocycles. The molecule has 0 radical (unpaired) electrons. The smallest absolute Gasteiger partial charge is 0.404 e. The largest absolute Gasteiger partial charge is 0.443 e. The molecule has 2 rings (SSSR count). The van der Waals surface area contributed by atoms with Crippen molar-refractivity contribution in [2.75, 3.05) is 0 Å². The zero-order valence-electron chi connectivity index (χ0n) is 8.52. The maximum absolute atomic E-state index is 10.7. The minimum absolute atomic E-state index is 0.553. The fourth-order valence-corrected chi connectivity index (χ4v) is 2.18. The van der Waals surface area contributed by atoms with Crippen molar-refractivity contribution >= 4 is 17.7 Å². The summed E-state index contributed by atoms with van der Waals surface area (Å²) < 4.78 is 4.85. The fourth-order valence-electron chi connectivity index (χ4n) is 2.00. The molecule has 0 bridgehead atoms. The summed E-state index contributed by atoms with van der Waals surface area (Å²) in [7, 11) is 0. The molecule has 4 nitrogen and oxygen atoms in total. The second-order valence-corrected chi connectivity index (χ2v) is 4.24. The number of aliphatic hydroxyl groups is 1. The van der Waals surface area contributed by atoms with Gasteiger partial charge in [-0.05, 0) is 36.1 Å². The third-order valence-electron chi connectivity index (χ3n) is 2.74. The molecule has 0 heterocycles. The number of aliphatic hydroxyl groups excluding tert-OH is 1. The van der Waals surface area contributed by atoms with Gasteiger partial charge in [0, 0.05) is 5.02 Å².